The molecule has 0 aliphatic carbocycles. The SMILES string of the molecule is Cc1[nH]c(/C=C2\C(=O)Nc3ccc(Br)cc32)c(C)c1C(=O)NCCCN1CCN(C)CC1. The van der Waals surface area contributed by atoms with Gasteiger partial charge in [0.1, 0.15) is 0 Å². The Kier molecular flexibility index (Phi) is 6.83. The molecule has 7 nitrogen and oxygen atoms in total. The van der Waals surface area contributed by atoms with Crippen molar-refractivity contribution in [1.82, 2.24) is 20.1 Å². The number of rotatable bonds is 6. The highest BCUT2D eigenvalue weighted by atomic mass is 79.9. The predicted molar refractivity (Wildman–Crippen MR) is 132 cm³/mol. The number of nitrogens with zero attached hydrogens (tertiary/aromatic N) is 2. The number of carbonyl (C=O) groups is 2. The zero-order chi connectivity index (χ0) is 22.8. The minimum Gasteiger partial charge on any atom is -0.358 e. The maximum atomic E-state index is 12.9. The van der Waals surface area contributed by atoms with Crippen molar-refractivity contribution in [3.8, 4) is 0 Å². The third-order valence-corrected chi connectivity index (χ3v) is 6.78. The van der Waals surface area contributed by atoms with Crippen LogP contribution in [0.15, 0.2) is 22.7 Å². The van der Waals surface area contributed by atoms with Crippen LogP contribution in [-0.4, -0.2) is 72.9 Å². The number of halogens is 1. The lowest BCUT2D eigenvalue weighted by atomic mass is 10.0. The summed E-state index contributed by atoms with van der Waals surface area (Å²) < 4.78 is 0.912. The summed E-state index contributed by atoms with van der Waals surface area (Å²) in [6, 6.07) is 5.71. The Morgan fingerprint density at radius 2 is 1.97 bits per heavy atom. The van der Waals surface area contributed by atoms with Gasteiger partial charge in [0, 0.05) is 59.8 Å². The van der Waals surface area contributed by atoms with Gasteiger partial charge in [-0.25, -0.2) is 0 Å². The van der Waals surface area contributed by atoms with Crippen LogP contribution in [0.25, 0.3) is 11.6 Å². The number of anilines is 1. The largest absolute Gasteiger partial charge is 0.358 e. The van der Waals surface area contributed by atoms with E-state index in [4.69, 9.17) is 0 Å². The van der Waals surface area contributed by atoms with Crippen molar-refractivity contribution in [2.45, 2.75) is 20.3 Å². The van der Waals surface area contributed by atoms with Gasteiger partial charge in [-0.05, 0) is 63.7 Å². The van der Waals surface area contributed by atoms with Crippen molar-refractivity contribution < 1.29 is 9.59 Å². The van der Waals surface area contributed by atoms with Crippen LogP contribution in [0.5, 0.6) is 0 Å². The van der Waals surface area contributed by atoms with E-state index < -0.39 is 0 Å². The Balaban J connectivity index is 1.42. The summed E-state index contributed by atoms with van der Waals surface area (Å²) in [5.41, 5.74) is 5.33. The quantitative estimate of drug-likeness (QED) is 0.420. The molecule has 0 atom stereocenters. The van der Waals surface area contributed by atoms with Crippen LogP contribution in [0.1, 0.15) is 39.3 Å². The van der Waals surface area contributed by atoms with Crippen molar-refractivity contribution in [1.29, 1.82) is 0 Å². The number of aryl methyl sites for hydroxylation is 1. The molecular weight excluding hydrogens is 470 g/mol. The fraction of sp³-hybridized carbons (Fsp3) is 0.417. The first kappa shape index (κ1) is 22.8. The number of amides is 2. The lowest BCUT2D eigenvalue weighted by Crippen LogP contribution is -2.45. The molecule has 0 unspecified atom stereocenters. The second-order valence-electron chi connectivity index (χ2n) is 8.62. The molecule has 2 aliphatic rings. The summed E-state index contributed by atoms with van der Waals surface area (Å²) in [4.78, 5) is 33.5. The minimum absolute atomic E-state index is 0.0710. The van der Waals surface area contributed by atoms with E-state index in [1.165, 1.54) is 0 Å². The summed E-state index contributed by atoms with van der Waals surface area (Å²) in [7, 11) is 2.15. The molecule has 2 aromatic rings. The molecule has 1 fully saturated rings. The number of aromatic amines is 1. The molecule has 1 saturated heterocycles. The van der Waals surface area contributed by atoms with Crippen molar-refractivity contribution in [2.24, 2.45) is 0 Å². The number of hydrogen-bond acceptors (Lipinski definition) is 4. The van der Waals surface area contributed by atoms with Crippen molar-refractivity contribution >= 4 is 45.1 Å². The molecule has 1 aromatic heterocycles. The molecule has 170 valence electrons. The lowest BCUT2D eigenvalue weighted by molar-refractivity contribution is -0.110. The summed E-state index contributed by atoms with van der Waals surface area (Å²) >= 11 is 3.47. The zero-order valence-corrected chi connectivity index (χ0v) is 20.4. The summed E-state index contributed by atoms with van der Waals surface area (Å²) in [6.07, 6.45) is 2.76. The first-order valence-corrected chi connectivity index (χ1v) is 11.8. The normalized spacial score (nSPS) is 18.1. The molecule has 3 heterocycles. The fourth-order valence-electron chi connectivity index (χ4n) is 4.37. The van der Waals surface area contributed by atoms with E-state index >= 15 is 0 Å². The van der Waals surface area contributed by atoms with E-state index in [0.29, 0.717) is 17.7 Å². The number of carbonyl (C=O) groups excluding carboxylic acids is 2. The van der Waals surface area contributed by atoms with Gasteiger partial charge in [0.15, 0.2) is 0 Å². The molecule has 8 heteroatoms. The third-order valence-electron chi connectivity index (χ3n) is 6.29. The highest BCUT2D eigenvalue weighted by Gasteiger charge is 2.26. The second-order valence-corrected chi connectivity index (χ2v) is 9.54. The van der Waals surface area contributed by atoms with Crippen molar-refractivity contribution in [2.75, 3.05) is 51.6 Å². The van der Waals surface area contributed by atoms with Crippen LogP contribution in [0.3, 0.4) is 0 Å². The monoisotopic (exact) mass is 499 g/mol. The highest BCUT2D eigenvalue weighted by Crippen LogP contribution is 2.35. The topological polar surface area (TPSA) is 80.5 Å². The van der Waals surface area contributed by atoms with Gasteiger partial charge in [-0.1, -0.05) is 15.9 Å². The van der Waals surface area contributed by atoms with Crippen LogP contribution in [0.2, 0.25) is 0 Å². The van der Waals surface area contributed by atoms with Gasteiger partial charge in [-0.3, -0.25) is 9.59 Å². The van der Waals surface area contributed by atoms with Gasteiger partial charge >= 0.3 is 0 Å². The van der Waals surface area contributed by atoms with Crippen molar-refractivity contribution in [3.05, 3.63) is 50.8 Å². The molecule has 3 N–H and O–H groups in total. The Morgan fingerprint density at radius 1 is 1.22 bits per heavy atom. The average Bonchev–Trinajstić information content (AvgIpc) is 3.21. The van der Waals surface area contributed by atoms with Gasteiger partial charge in [0.25, 0.3) is 11.8 Å². The predicted octanol–water partition coefficient (Wildman–Crippen LogP) is 3.25. The first-order chi connectivity index (χ1) is 15.3. The van der Waals surface area contributed by atoms with Gasteiger partial charge in [0.05, 0.1) is 11.1 Å². The van der Waals surface area contributed by atoms with Gasteiger partial charge < -0.3 is 25.4 Å². The Labute approximate surface area is 197 Å². The second kappa shape index (κ2) is 9.60. The van der Waals surface area contributed by atoms with Crippen LogP contribution in [-0.2, 0) is 4.79 Å². The molecule has 1 aromatic carbocycles. The Bertz CT molecular complexity index is 1070. The van der Waals surface area contributed by atoms with Gasteiger partial charge in [-0.15, -0.1) is 0 Å². The molecular formula is C24H30BrN5O2. The smallest absolute Gasteiger partial charge is 0.256 e. The van der Waals surface area contributed by atoms with E-state index in [1.807, 2.05) is 38.1 Å². The highest BCUT2D eigenvalue weighted by molar-refractivity contribution is 9.10. The van der Waals surface area contributed by atoms with E-state index in [-0.39, 0.29) is 11.8 Å². The molecule has 32 heavy (non-hydrogen) atoms. The van der Waals surface area contributed by atoms with Crippen LogP contribution in [0, 0.1) is 13.8 Å². The molecule has 2 amide bonds. The van der Waals surface area contributed by atoms with Gasteiger partial charge in [-0.2, -0.15) is 0 Å². The number of nitrogens with one attached hydrogen (secondary N) is 3. The van der Waals surface area contributed by atoms with E-state index in [0.717, 1.165) is 71.8 Å². The maximum Gasteiger partial charge on any atom is 0.256 e. The standard InChI is InChI=1S/C24H30BrN5O2/c1-15-21(14-19-18-13-17(25)5-6-20(18)28-23(19)31)27-16(2)22(15)24(32)26-7-4-8-30-11-9-29(3)10-12-30/h5-6,13-14,27H,4,7-12H2,1-3H3,(H,26,32)(H,28,31)/b19-14-. The number of H-pyrrole nitrogens is 1. The number of aromatic nitrogens is 1. The summed E-state index contributed by atoms with van der Waals surface area (Å²) in [5.74, 6) is -0.210. The first-order valence-electron chi connectivity index (χ1n) is 11.0. The molecule has 0 bridgehead atoms. The van der Waals surface area contributed by atoms with Crippen molar-refractivity contribution in [3.63, 3.8) is 0 Å². The van der Waals surface area contributed by atoms with E-state index in [2.05, 4.69) is 48.4 Å². The number of hydrogen-bond donors (Lipinski definition) is 3. The summed E-state index contributed by atoms with van der Waals surface area (Å²) in [5, 5.41) is 5.96. The molecule has 0 radical (unpaired) electrons. The van der Waals surface area contributed by atoms with Gasteiger partial charge in [0.2, 0.25) is 0 Å². The van der Waals surface area contributed by atoms with Crippen LogP contribution < -0.4 is 10.6 Å². The maximum absolute atomic E-state index is 12.9. The average molecular weight is 500 g/mol. The summed E-state index contributed by atoms with van der Waals surface area (Å²) in [6.45, 7) is 9.85. The number of benzene rings is 1. The van der Waals surface area contributed by atoms with E-state index in [9.17, 15) is 9.59 Å². The zero-order valence-electron chi connectivity index (χ0n) is 18.8. The Morgan fingerprint density at radius 3 is 2.72 bits per heavy atom. The molecule has 4 rings (SSSR count). The molecule has 0 saturated carbocycles. The fourth-order valence-corrected chi connectivity index (χ4v) is 4.73. The number of likely N-dealkylation sites (N-methyl/N-ethyl adjacent to an activating group) is 1. The lowest BCUT2D eigenvalue weighted by Gasteiger charge is -2.32. The number of fused-ring (bicyclic) bond motifs is 1. The van der Waals surface area contributed by atoms with Crippen LogP contribution in [0.4, 0.5) is 5.69 Å². The van der Waals surface area contributed by atoms with Crippen LogP contribution >= 0.6 is 15.9 Å². The molecule has 2 aliphatic heterocycles. The molecule has 0 spiro atoms. The van der Waals surface area contributed by atoms with E-state index in [1.54, 1.807) is 0 Å². The minimum atomic E-state index is -0.139. The third kappa shape index (κ3) is 4.82. The number of piperazine rings is 1. The Hall–Kier alpha value is -2.42.